The molecule has 6 aromatic rings. The van der Waals surface area contributed by atoms with Gasteiger partial charge in [0.2, 0.25) is 35.4 Å². The molecule has 6 aliphatic rings. The summed E-state index contributed by atoms with van der Waals surface area (Å²) in [6, 6.07) is 24.0. The molecule has 3 atom stereocenters. The Morgan fingerprint density at radius 1 is 0.425 bits per heavy atom. The summed E-state index contributed by atoms with van der Waals surface area (Å²) >= 11 is 0. The van der Waals surface area contributed by atoms with E-state index in [1.54, 1.807) is 112 Å². The normalized spacial score (nSPS) is 21.5. The summed E-state index contributed by atoms with van der Waals surface area (Å²) in [7, 11) is 5.25. The number of carbonyl (C=O) groups is 9. The Labute approximate surface area is 502 Å². The van der Waals surface area contributed by atoms with Crippen LogP contribution in [0, 0.1) is 17.5 Å². The Morgan fingerprint density at radius 2 is 0.701 bits per heavy atom. The van der Waals surface area contributed by atoms with Crippen LogP contribution in [0.1, 0.15) is 107 Å². The topological polar surface area (TPSA) is 272 Å². The van der Waals surface area contributed by atoms with Crippen LogP contribution >= 0.6 is 0 Å². The lowest BCUT2D eigenvalue weighted by Crippen LogP contribution is -2.52. The summed E-state index contributed by atoms with van der Waals surface area (Å²) < 4.78 is 68.1. The molecule has 6 aromatic carbocycles. The van der Waals surface area contributed by atoms with E-state index in [-0.39, 0.29) is 95.2 Å². The third-order valence-corrected chi connectivity index (χ3v) is 15.6. The van der Waals surface area contributed by atoms with Gasteiger partial charge in [-0.25, -0.2) is 13.2 Å². The number of nitrogens with zero attached hydrogens (tertiary/aromatic N) is 3. The quantitative estimate of drug-likeness (QED) is 0.0483. The highest BCUT2D eigenvalue weighted by Crippen LogP contribution is 2.36. The van der Waals surface area contributed by atoms with E-state index in [0.717, 1.165) is 17.1 Å². The summed E-state index contributed by atoms with van der Waals surface area (Å²) in [4.78, 5) is 114. The largest absolute Gasteiger partial charge is 0.388 e. The zero-order valence-electron chi connectivity index (χ0n) is 50.5. The van der Waals surface area contributed by atoms with E-state index < -0.39 is 71.2 Å². The van der Waals surface area contributed by atoms with Crippen molar-refractivity contribution in [1.29, 1.82) is 0 Å². The lowest BCUT2D eigenvalue weighted by molar-refractivity contribution is -0.138. The van der Waals surface area contributed by atoms with Gasteiger partial charge in [-0.3, -0.25) is 59.1 Å². The van der Waals surface area contributed by atoms with E-state index in [1.807, 2.05) is 0 Å². The number of anilines is 6. The van der Waals surface area contributed by atoms with Crippen molar-refractivity contribution in [2.75, 3.05) is 53.0 Å². The Bertz CT molecular complexity index is 3580. The lowest BCUT2D eigenvalue weighted by Gasteiger charge is -2.29. The number of imide groups is 3. The fraction of sp³-hybridized carbons (Fsp3) is 0.286. The molecule has 21 nitrogen and oxygen atoms in total. The van der Waals surface area contributed by atoms with Gasteiger partial charge in [-0.1, -0.05) is 18.2 Å². The molecule has 9 N–H and O–H groups in total. The Hall–Kier alpha value is -10.3. The van der Waals surface area contributed by atoms with E-state index in [9.17, 15) is 56.3 Å². The number of nitrogens with one attached hydrogen (secondary N) is 9. The Balaban J connectivity index is 0.000000148. The predicted octanol–water partition coefficient (Wildman–Crippen LogP) is 6.72. The molecule has 6 aliphatic heterocycles. The van der Waals surface area contributed by atoms with E-state index in [0.29, 0.717) is 67.1 Å². The van der Waals surface area contributed by atoms with Crippen LogP contribution in [-0.4, -0.2) is 107 Å². The summed E-state index contributed by atoms with van der Waals surface area (Å²) in [5.41, 5.74) is 8.72. The van der Waals surface area contributed by atoms with Crippen molar-refractivity contribution >= 4 is 87.3 Å². The second-order valence-corrected chi connectivity index (χ2v) is 20.9. The summed E-state index contributed by atoms with van der Waals surface area (Å²) in [5.74, 6) is -6.05. The number of carbonyl (C=O) groups excluding carboxylic acids is 9. The van der Waals surface area contributed by atoms with Crippen LogP contribution in [0.15, 0.2) is 109 Å². The maximum atomic E-state index is 14.1. The summed E-state index contributed by atoms with van der Waals surface area (Å²) in [6.45, 7) is 0.775. The lowest BCUT2D eigenvalue weighted by atomic mass is 10.0. The number of fused-ring (bicyclic) bond motifs is 3. The smallest absolute Gasteiger partial charge is 0.255 e. The zero-order chi connectivity index (χ0) is 64.4. The van der Waals surface area contributed by atoms with Crippen molar-refractivity contribution in [2.45, 2.75) is 95.8 Å². The third kappa shape index (κ3) is 12.9. The molecule has 3 saturated heterocycles. The second kappa shape index (κ2) is 25.9. The van der Waals surface area contributed by atoms with Crippen LogP contribution in [0.2, 0.25) is 0 Å². The van der Waals surface area contributed by atoms with E-state index in [4.69, 9.17) is 4.11 Å². The van der Waals surface area contributed by atoms with Gasteiger partial charge in [0.15, 0.2) is 0 Å². The maximum absolute atomic E-state index is 14.1. The molecule has 1 unspecified atom stereocenters. The van der Waals surface area contributed by atoms with Crippen LogP contribution in [0.4, 0.5) is 47.3 Å². The molecule has 0 aromatic heterocycles. The van der Waals surface area contributed by atoms with Gasteiger partial charge in [-0.15, -0.1) is 0 Å². The molecular weight excluding hydrogens is 1130 g/mol. The maximum Gasteiger partial charge on any atom is 0.255 e. The number of halogens is 3. The van der Waals surface area contributed by atoms with Gasteiger partial charge >= 0.3 is 0 Å². The first kappa shape index (κ1) is 55.9. The molecule has 9 amide bonds. The minimum Gasteiger partial charge on any atom is -0.388 e. The molecule has 24 heteroatoms. The Morgan fingerprint density at radius 3 is 0.954 bits per heavy atom. The van der Waals surface area contributed by atoms with Gasteiger partial charge < -0.3 is 46.6 Å². The number of rotatable bonds is 15. The first-order valence-electron chi connectivity index (χ1n) is 29.4. The number of piperidine rings is 3. The summed E-state index contributed by atoms with van der Waals surface area (Å²) in [5, 5.41) is 24.8. The van der Waals surface area contributed by atoms with Crippen molar-refractivity contribution in [3.8, 4) is 0 Å². The van der Waals surface area contributed by atoms with Gasteiger partial charge in [-0.05, 0) is 110 Å². The van der Waals surface area contributed by atoms with Gasteiger partial charge in [0.1, 0.15) is 35.5 Å². The molecule has 0 aliphatic carbocycles. The molecule has 0 radical (unpaired) electrons. The van der Waals surface area contributed by atoms with Crippen molar-refractivity contribution < 1.29 is 60.4 Å². The molecule has 3 fully saturated rings. The molecule has 0 bridgehead atoms. The van der Waals surface area contributed by atoms with Crippen molar-refractivity contribution in [2.24, 2.45) is 0 Å². The highest BCUT2D eigenvalue weighted by molar-refractivity contribution is 6.08. The molecule has 0 saturated carbocycles. The fourth-order valence-corrected chi connectivity index (χ4v) is 10.9. The van der Waals surface area contributed by atoms with Crippen LogP contribution in [-0.2, 0) is 68.0 Å². The van der Waals surface area contributed by atoms with E-state index in [2.05, 4.69) is 47.9 Å². The fourth-order valence-electron chi connectivity index (χ4n) is 10.9. The molecular formula is C63H63F3N12O9. The van der Waals surface area contributed by atoms with Crippen molar-refractivity contribution in [1.82, 2.24) is 30.7 Å². The SMILES string of the molecule is [2H]C1(N2Cc3c(NCc4cc(NC)ccc4F)cccc3C2=O)CCC(=O)NC1=O.[2H][C@@]1(N2Cc3c(NCc4cc(NC)ccc4F)cccc3C2=O)CCC(=O)NC1=O.[2H][C@]1(N2Cc3c(NCc4cc(NC)ccc4F)cccc3C2=O)CCC(=O)NC1=O. The van der Waals surface area contributed by atoms with Crippen molar-refractivity contribution in [3.63, 3.8) is 0 Å². The highest BCUT2D eigenvalue weighted by atomic mass is 19.1. The van der Waals surface area contributed by atoms with Gasteiger partial charge in [0.05, 0.1) is 4.11 Å². The van der Waals surface area contributed by atoms with Gasteiger partial charge in [0.25, 0.3) is 17.7 Å². The average molecular weight is 1190 g/mol. The third-order valence-electron chi connectivity index (χ3n) is 15.6. The molecule has 0 spiro atoms. The van der Waals surface area contributed by atoms with E-state index >= 15 is 0 Å². The first-order chi connectivity index (χ1) is 43.0. The van der Waals surface area contributed by atoms with E-state index in [1.165, 1.54) is 32.9 Å². The minimum atomic E-state index is -1.84. The van der Waals surface area contributed by atoms with Crippen LogP contribution < -0.4 is 47.9 Å². The molecule has 12 rings (SSSR count). The monoisotopic (exact) mass is 1190 g/mol. The summed E-state index contributed by atoms with van der Waals surface area (Å²) in [6.07, 6.45) is -0.156. The van der Waals surface area contributed by atoms with Gasteiger partial charge in [-0.2, -0.15) is 0 Å². The average Bonchev–Trinajstić information content (AvgIpc) is 1.66. The molecule has 450 valence electrons. The van der Waals surface area contributed by atoms with Crippen molar-refractivity contribution in [3.05, 3.63) is 177 Å². The van der Waals surface area contributed by atoms with Crippen LogP contribution in [0.25, 0.3) is 0 Å². The standard InChI is InChI=1S/3C21H21FN4O3/c3*1-23-13-5-6-16(22)12(9-13)10-24-17-4-2-3-14-15(17)11-26(21(14)29)18-7-8-19(27)25-20(18)28/h3*2-6,9,18,23-24H,7-8,10-11H2,1H3,(H,25,27,28)/t2*18-;/m10./s1/i3*18D. The predicted molar refractivity (Wildman–Crippen MR) is 317 cm³/mol. The highest BCUT2D eigenvalue weighted by Gasteiger charge is 2.43. The van der Waals surface area contributed by atoms with Gasteiger partial charge in [0, 0.05) is 164 Å². The molecule has 87 heavy (non-hydrogen) atoms. The van der Waals surface area contributed by atoms with Crippen LogP contribution in [0.5, 0.6) is 0 Å². The zero-order valence-corrected chi connectivity index (χ0v) is 47.5. The number of amides is 9. The number of hydrogen-bond acceptors (Lipinski definition) is 15. The number of hydrogen-bond donors (Lipinski definition) is 9. The van der Waals surface area contributed by atoms with Crippen LogP contribution in [0.3, 0.4) is 0 Å². The minimum absolute atomic E-state index is 0.00154. The number of benzene rings is 6. The second-order valence-electron chi connectivity index (χ2n) is 20.9. The Kier molecular flexibility index (Phi) is 16.7. The molecule has 6 heterocycles. The first-order valence-corrected chi connectivity index (χ1v) is 27.9.